The van der Waals surface area contributed by atoms with Gasteiger partial charge >= 0.3 is 5.97 Å². The lowest BCUT2D eigenvalue weighted by molar-refractivity contribution is -0.134. The molecule has 5 nitrogen and oxygen atoms in total. The van der Waals surface area contributed by atoms with Crippen molar-refractivity contribution < 1.29 is 24.2 Å². The van der Waals surface area contributed by atoms with Gasteiger partial charge in [0, 0.05) is 12.3 Å². The average molecular weight is 301 g/mol. The second-order valence-electron chi connectivity index (χ2n) is 4.07. The van der Waals surface area contributed by atoms with Gasteiger partial charge in [-0.2, -0.15) is 0 Å². The number of carboxylic acid groups (broad SMARTS) is 1. The van der Waals surface area contributed by atoms with Crippen LogP contribution in [0.2, 0.25) is 0 Å². The molecule has 0 radical (unpaired) electrons. The van der Waals surface area contributed by atoms with Gasteiger partial charge in [0.15, 0.2) is 0 Å². The lowest BCUT2D eigenvalue weighted by Gasteiger charge is -2.11. The normalized spacial score (nSPS) is 11.9. The number of carbonyl (C=O) groups is 2. The zero-order valence-corrected chi connectivity index (χ0v) is 11.5. The summed E-state index contributed by atoms with van der Waals surface area (Å²) in [4.78, 5) is 21.8. The van der Waals surface area contributed by atoms with E-state index in [2.05, 4.69) is 5.32 Å². The highest BCUT2D eigenvalue weighted by atomic mass is 32.2. The van der Waals surface area contributed by atoms with Crippen molar-refractivity contribution in [2.45, 2.75) is 12.5 Å². The maximum Gasteiger partial charge on any atom is 0.313 e. The first-order chi connectivity index (χ1) is 9.49. The predicted octanol–water partition coefficient (Wildman–Crippen LogP) is 1.18. The van der Waals surface area contributed by atoms with Gasteiger partial charge in [-0.05, 0) is 17.7 Å². The van der Waals surface area contributed by atoms with Crippen LogP contribution in [0.5, 0.6) is 0 Å². The highest BCUT2D eigenvalue weighted by molar-refractivity contribution is 7.99. The van der Waals surface area contributed by atoms with Gasteiger partial charge in [-0.15, -0.1) is 11.8 Å². The van der Waals surface area contributed by atoms with Crippen molar-refractivity contribution in [3.63, 3.8) is 0 Å². The quantitative estimate of drug-likeness (QED) is 0.628. The number of thioether (sulfide) groups is 1. The number of aliphatic hydroxyl groups is 1. The van der Waals surface area contributed by atoms with Crippen LogP contribution >= 0.6 is 11.8 Å². The van der Waals surface area contributed by atoms with E-state index in [4.69, 9.17) is 5.11 Å². The van der Waals surface area contributed by atoms with E-state index in [1.54, 1.807) is 6.07 Å². The third-order valence-electron chi connectivity index (χ3n) is 2.41. The molecule has 20 heavy (non-hydrogen) atoms. The second-order valence-corrected chi connectivity index (χ2v) is 5.18. The van der Waals surface area contributed by atoms with Crippen LogP contribution in [0.3, 0.4) is 0 Å². The lowest BCUT2D eigenvalue weighted by Crippen LogP contribution is -2.27. The predicted molar refractivity (Wildman–Crippen MR) is 73.9 cm³/mol. The molecule has 0 heterocycles. The zero-order chi connectivity index (χ0) is 15.0. The fourth-order valence-corrected chi connectivity index (χ4v) is 2.07. The summed E-state index contributed by atoms with van der Waals surface area (Å²) in [6.45, 7) is 0.326. The standard InChI is InChI=1S/C13H16FNO4S/c14-10-3-1-2-9(6-10)11(16)7-12(17)15-4-5-20-8-13(18)19/h1-3,6,11,16H,4-5,7-8H2,(H,15,17)(H,18,19). The minimum Gasteiger partial charge on any atom is -0.481 e. The molecule has 7 heteroatoms. The van der Waals surface area contributed by atoms with Crippen LogP contribution in [0.1, 0.15) is 18.1 Å². The number of hydrogen-bond acceptors (Lipinski definition) is 4. The molecular formula is C13H16FNO4S. The van der Waals surface area contributed by atoms with Crippen LogP contribution in [-0.4, -0.2) is 40.1 Å². The molecule has 0 spiro atoms. The summed E-state index contributed by atoms with van der Waals surface area (Å²) in [6, 6.07) is 5.45. The zero-order valence-electron chi connectivity index (χ0n) is 10.7. The van der Waals surface area contributed by atoms with Gasteiger partial charge in [0.25, 0.3) is 0 Å². The number of amides is 1. The average Bonchev–Trinajstić information content (AvgIpc) is 2.37. The highest BCUT2D eigenvalue weighted by Crippen LogP contribution is 2.17. The Morgan fingerprint density at radius 2 is 2.15 bits per heavy atom. The van der Waals surface area contributed by atoms with Gasteiger partial charge in [-0.25, -0.2) is 4.39 Å². The lowest BCUT2D eigenvalue weighted by atomic mass is 10.1. The van der Waals surface area contributed by atoms with Crippen LogP contribution in [-0.2, 0) is 9.59 Å². The molecule has 1 rings (SSSR count). The van der Waals surface area contributed by atoms with E-state index in [0.29, 0.717) is 17.9 Å². The molecule has 0 bridgehead atoms. The molecule has 0 fully saturated rings. The summed E-state index contributed by atoms with van der Waals surface area (Å²) in [5.41, 5.74) is 0.348. The SMILES string of the molecule is O=C(O)CSCCNC(=O)CC(O)c1cccc(F)c1. The Kier molecular flexibility index (Phi) is 7.03. The fourth-order valence-electron chi connectivity index (χ4n) is 1.50. The van der Waals surface area contributed by atoms with Gasteiger partial charge < -0.3 is 15.5 Å². The number of carboxylic acids is 1. The first kappa shape index (κ1) is 16.5. The number of aliphatic hydroxyl groups excluding tert-OH is 1. The van der Waals surface area contributed by atoms with Gasteiger partial charge in [-0.3, -0.25) is 9.59 Å². The van der Waals surface area contributed by atoms with Crippen molar-refractivity contribution in [1.29, 1.82) is 0 Å². The number of halogens is 1. The molecule has 0 saturated carbocycles. The number of nitrogens with one attached hydrogen (secondary N) is 1. The van der Waals surface area contributed by atoms with Crippen molar-refractivity contribution in [3.8, 4) is 0 Å². The smallest absolute Gasteiger partial charge is 0.313 e. The van der Waals surface area contributed by atoms with Crippen molar-refractivity contribution in [1.82, 2.24) is 5.32 Å². The van der Waals surface area contributed by atoms with E-state index >= 15 is 0 Å². The molecule has 110 valence electrons. The van der Waals surface area contributed by atoms with Gasteiger partial charge in [0.2, 0.25) is 5.91 Å². The summed E-state index contributed by atoms with van der Waals surface area (Å²) < 4.78 is 13.0. The maximum absolute atomic E-state index is 13.0. The molecule has 1 atom stereocenters. The Morgan fingerprint density at radius 1 is 1.40 bits per heavy atom. The molecule has 1 aromatic carbocycles. The number of benzene rings is 1. The first-order valence-electron chi connectivity index (χ1n) is 5.99. The van der Waals surface area contributed by atoms with Gasteiger partial charge in [0.1, 0.15) is 5.82 Å². The Balaban J connectivity index is 2.26. The van der Waals surface area contributed by atoms with Crippen molar-refractivity contribution in [3.05, 3.63) is 35.6 Å². The van der Waals surface area contributed by atoms with E-state index in [0.717, 1.165) is 0 Å². The van der Waals surface area contributed by atoms with Crippen molar-refractivity contribution >= 4 is 23.6 Å². The van der Waals surface area contributed by atoms with E-state index in [9.17, 15) is 19.1 Å². The minimum absolute atomic E-state index is 0.0121. The summed E-state index contributed by atoms with van der Waals surface area (Å²) in [5.74, 6) is -1.26. The number of hydrogen-bond donors (Lipinski definition) is 3. The van der Waals surface area contributed by atoms with E-state index < -0.39 is 17.9 Å². The topological polar surface area (TPSA) is 86.6 Å². The van der Waals surface area contributed by atoms with Crippen LogP contribution in [0.25, 0.3) is 0 Å². The van der Waals surface area contributed by atoms with Crippen LogP contribution in [0.4, 0.5) is 4.39 Å². The molecule has 1 unspecified atom stereocenters. The molecule has 0 saturated heterocycles. The Bertz CT molecular complexity index is 469. The minimum atomic E-state index is -1.06. The second kappa shape index (κ2) is 8.55. The molecular weight excluding hydrogens is 285 g/mol. The molecule has 0 aromatic heterocycles. The number of rotatable bonds is 8. The fraction of sp³-hybridized carbons (Fsp3) is 0.385. The highest BCUT2D eigenvalue weighted by Gasteiger charge is 2.13. The van der Waals surface area contributed by atoms with E-state index in [1.165, 1.54) is 30.0 Å². The van der Waals surface area contributed by atoms with Crippen LogP contribution in [0, 0.1) is 5.82 Å². The molecule has 1 aromatic rings. The van der Waals surface area contributed by atoms with Crippen molar-refractivity contribution in [2.24, 2.45) is 0 Å². The van der Waals surface area contributed by atoms with Crippen LogP contribution < -0.4 is 5.32 Å². The Hall–Kier alpha value is -1.60. The molecule has 0 aliphatic heterocycles. The molecule has 1 amide bonds. The van der Waals surface area contributed by atoms with Crippen LogP contribution in [0.15, 0.2) is 24.3 Å². The van der Waals surface area contributed by atoms with E-state index in [-0.39, 0.29) is 18.1 Å². The largest absolute Gasteiger partial charge is 0.481 e. The monoisotopic (exact) mass is 301 g/mol. The summed E-state index contributed by atoms with van der Waals surface area (Å²) in [5, 5.41) is 20.8. The van der Waals surface area contributed by atoms with Crippen molar-refractivity contribution in [2.75, 3.05) is 18.1 Å². The Labute approximate surface area is 120 Å². The first-order valence-corrected chi connectivity index (χ1v) is 7.14. The number of carbonyl (C=O) groups excluding carboxylic acids is 1. The third-order valence-corrected chi connectivity index (χ3v) is 3.35. The summed E-state index contributed by atoms with van der Waals surface area (Å²) in [7, 11) is 0. The summed E-state index contributed by atoms with van der Waals surface area (Å²) in [6.07, 6.45) is -1.22. The molecule has 0 aliphatic carbocycles. The van der Waals surface area contributed by atoms with Gasteiger partial charge in [0.05, 0.1) is 18.3 Å². The van der Waals surface area contributed by atoms with Gasteiger partial charge in [-0.1, -0.05) is 12.1 Å². The molecule has 0 aliphatic rings. The third kappa shape index (κ3) is 6.53. The Morgan fingerprint density at radius 3 is 2.80 bits per heavy atom. The maximum atomic E-state index is 13.0. The number of aliphatic carboxylic acids is 1. The molecule has 3 N–H and O–H groups in total. The van der Waals surface area contributed by atoms with E-state index in [1.807, 2.05) is 0 Å². The summed E-state index contributed by atoms with van der Waals surface area (Å²) >= 11 is 1.19.